The van der Waals surface area contributed by atoms with Crippen molar-refractivity contribution < 1.29 is 14.3 Å². The molecule has 0 amide bonds. The largest absolute Gasteiger partial charge is 0.478 e. The number of nitrogens with zero attached hydrogens (tertiary/aromatic N) is 1. The highest BCUT2D eigenvalue weighted by Crippen LogP contribution is 2.24. The summed E-state index contributed by atoms with van der Waals surface area (Å²) in [6.07, 6.45) is 3.55. The fourth-order valence-electron chi connectivity index (χ4n) is 2.01. The molecule has 1 unspecified atom stereocenters. The summed E-state index contributed by atoms with van der Waals surface area (Å²) in [5.41, 5.74) is 1.46. The van der Waals surface area contributed by atoms with Crippen molar-refractivity contribution in [1.29, 1.82) is 0 Å². The Kier molecular flexibility index (Phi) is 6.22. The molecule has 110 valence electrons. The Labute approximate surface area is 119 Å². The number of halogens is 1. The number of rotatable bonds is 7. The molecule has 0 radical (unpaired) electrons. The minimum absolute atomic E-state index is 0.363. The Morgan fingerprint density at radius 2 is 2.15 bits per heavy atom. The third-order valence-corrected chi connectivity index (χ3v) is 3.35. The molecule has 1 rings (SSSR count). The van der Waals surface area contributed by atoms with E-state index in [1.165, 1.54) is 18.2 Å². The number of hydrogen-bond donors (Lipinski definition) is 1. The molecule has 0 spiro atoms. The molecule has 0 fully saturated rings. The van der Waals surface area contributed by atoms with Gasteiger partial charge in [0.15, 0.2) is 0 Å². The van der Waals surface area contributed by atoms with Crippen LogP contribution in [0, 0.1) is 11.7 Å². The van der Waals surface area contributed by atoms with Crippen LogP contribution in [0.25, 0.3) is 6.08 Å². The fraction of sp³-hybridized carbons (Fsp3) is 0.438. The molecule has 0 aromatic heterocycles. The van der Waals surface area contributed by atoms with Crippen molar-refractivity contribution in [3.63, 3.8) is 0 Å². The van der Waals surface area contributed by atoms with Crippen LogP contribution >= 0.6 is 0 Å². The molecule has 3 nitrogen and oxygen atoms in total. The van der Waals surface area contributed by atoms with Crippen LogP contribution in [-0.4, -0.2) is 24.2 Å². The van der Waals surface area contributed by atoms with E-state index in [9.17, 15) is 9.18 Å². The highest BCUT2D eigenvalue weighted by Gasteiger charge is 2.12. The van der Waals surface area contributed by atoms with Crippen molar-refractivity contribution >= 4 is 17.7 Å². The molecule has 0 saturated carbocycles. The Morgan fingerprint density at radius 3 is 2.70 bits per heavy atom. The molecule has 0 aliphatic rings. The quantitative estimate of drug-likeness (QED) is 0.772. The maximum atomic E-state index is 13.4. The predicted octanol–water partition coefficient (Wildman–Crippen LogP) is 3.80. The fourth-order valence-corrected chi connectivity index (χ4v) is 2.01. The zero-order chi connectivity index (χ0) is 15.1. The van der Waals surface area contributed by atoms with E-state index >= 15 is 0 Å². The smallest absolute Gasteiger partial charge is 0.328 e. The second-order valence-electron chi connectivity index (χ2n) is 4.93. The first-order chi connectivity index (χ1) is 9.47. The molecule has 0 bridgehead atoms. The number of carboxylic acid groups (broad SMARTS) is 1. The maximum absolute atomic E-state index is 13.4. The molecule has 1 aromatic rings. The van der Waals surface area contributed by atoms with E-state index in [1.54, 1.807) is 6.07 Å². The molecule has 1 aromatic carbocycles. The second kappa shape index (κ2) is 7.68. The summed E-state index contributed by atoms with van der Waals surface area (Å²) < 4.78 is 13.4. The lowest BCUT2D eigenvalue weighted by Crippen LogP contribution is -2.28. The lowest BCUT2D eigenvalue weighted by molar-refractivity contribution is -0.131. The summed E-state index contributed by atoms with van der Waals surface area (Å²) in [7, 11) is 0. The number of carbonyl (C=O) groups is 1. The Hall–Kier alpha value is -1.84. The summed E-state index contributed by atoms with van der Waals surface area (Å²) in [5.74, 6) is -0.875. The summed E-state index contributed by atoms with van der Waals surface area (Å²) in [5, 5.41) is 8.72. The number of aliphatic carboxylic acids is 1. The van der Waals surface area contributed by atoms with Gasteiger partial charge < -0.3 is 10.0 Å². The molecular weight excluding hydrogens is 257 g/mol. The van der Waals surface area contributed by atoms with Gasteiger partial charge in [0, 0.05) is 30.4 Å². The van der Waals surface area contributed by atoms with E-state index in [1.807, 2.05) is 6.92 Å². The van der Waals surface area contributed by atoms with E-state index in [0.717, 1.165) is 31.3 Å². The van der Waals surface area contributed by atoms with Crippen molar-refractivity contribution in [2.75, 3.05) is 18.0 Å². The molecular formula is C16H22FNO2. The summed E-state index contributed by atoms with van der Waals surface area (Å²) >= 11 is 0. The van der Waals surface area contributed by atoms with Crippen molar-refractivity contribution in [1.82, 2.24) is 0 Å². The van der Waals surface area contributed by atoms with Crippen LogP contribution in [0.3, 0.4) is 0 Å². The van der Waals surface area contributed by atoms with Crippen LogP contribution < -0.4 is 4.90 Å². The first-order valence-corrected chi connectivity index (χ1v) is 6.93. The van der Waals surface area contributed by atoms with E-state index < -0.39 is 5.97 Å². The SMILES string of the molecule is CCC(C)CN(CC)c1ccc(F)cc1C=CC(=O)O. The topological polar surface area (TPSA) is 40.5 Å². The van der Waals surface area contributed by atoms with Crippen molar-refractivity contribution in [2.24, 2.45) is 5.92 Å². The first kappa shape index (κ1) is 16.2. The molecule has 0 aliphatic heterocycles. The third-order valence-electron chi connectivity index (χ3n) is 3.35. The molecule has 4 heteroatoms. The number of benzene rings is 1. The van der Waals surface area contributed by atoms with E-state index in [2.05, 4.69) is 18.7 Å². The van der Waals surface area contributed by atoms with Gasteiger partial charge in [-0.15, -0.1) is 0 Å². The number of anilines is 1. The average molecular weight is 279 g/mol. The summed E-state index contributed by atoms with van der Waals surface area (Å²) in [6.45, 7) is 8.00. The van der Waals surface area contributed by atoms with E-state index in [-0.39, 0.29) is 5.82 Å². The number of hydrogen-bond acceptors (Lipinski definition) is 2. The summed E-state index contributed by atoms with van der Waals surface area (Å²) in [4.78, 5) is 12.8. The van der Waals surface area contributed by atoms with Gasteiger partial charge in [-0.05, 0) is 37.1 Å². The highest BCUT2D eigenvalue weighted by atomic mass is 19.1. The minimum atomic E-state index is -1.04. The molecule has 20 heavy (non-hydrogen) atoms. The lowest BCUT2D eigenvalue weighted by Gasteiger charge is -2.27. The number of carboxylic acids is 1. The van der Waals surface area contributed by atoms with Crippen LogP contribution in [0.4, 0.5) is 10.1 Å². The van der Waals surface area contributed by atoms with Crippen molar-refractivity contribution in [3.8, 4) is 0 Å². The molecule has 1 atom stereocenters. The van der Waals surface area contributed by atoms with Gasteiger partial charge in [-0.25, -0.2) is 9.18 Å². The van der Waals surface area contributed by atoms with E-state index in [0.29, 0.717) is 11.5 Å². The first-order valence-electron chi connectivity index (χ1n) is 6.93. The zero-order valence-electron chi connectivity index (χ0n) is 12.3. The Bertz CT molecular complexity index is 485. The van der Waals surface area contributed by atoms with Gasteiger partial charge >= 0.3 is 5.97 Å². The van der Waals surface area contributed by atoms with Crippen LogP contribution in [-0.2, 0) is 4.79 Å². The summed E-state index contributed by atoms with van der Waals surface area (Å²) in [6, 6.07) is 4.49. The van der Waals surface area contributed by atoms with Crippen molar-refractivity contribution in [2.45, 2.75) is 27.2 Å². The average Bonchev–Trinajstić information content (AvgIpc) is 2.42. The lowest BCUT2D eigenvalue weighted by atomic mass is 10.1. The van der Waals surface area contributed by atoms with Crippen LogP contribution in [0.15, 0.2) is 24.3 Å². The molecule has 0 heterocycles. The zero-order valence-corrected chi connectivity index (χ0v) is 12.3. The molecule has 1 N–H and O–H groups in total. The predicted molar refractivity (Wildman–Crippen MR) is 80.4 cm³/mol. The molecule has 0 saturated heterocycles. The van der Waals surface area contributed by atoms with Crippen LogP contribution in [0.2, 0.25) is 0 Å². The molecule has 0 aliphatic carbocycles. The Morgan fingerprint density at radius 1 is 1.45 bits per heavy atom. The third kappa shape index (κ3) is 4.68. The Balaban J connectivity index is 3.10. The maximum Gasteiger partial charge on any atom is 0.328 e. The second-order valence-corrected chi connectivity index (χ2v) is 4.93. The normalized spacial score (nSPS) is 12.6. The van der Waals surface area contributed by atoms with Crippen LogP contribution in [0.5, 0.6) is 0 Å². The van der Waals surface area contributed by atoms with Gasteiger partial charge in [0.05, 0.1) is 0 Å². The monoisotopic (exact) mass is 279 g/mol. The highest BCUT2D eigenvalue weighted by molar-refractivity contribution is 5.87. The van der Waals surface area contributed by atoms with Crippen molar-refractivity contribution in [3.05, 3.63) is 35.7 Å². The van der Waals surface area contributed by atoms with Gasteiger partial charge in [-0.2, -0.15) is 0 Å². The van der Waals surface area contributed by atoms with Gasteiger partial charge in [0.1, 0.15) is 5.82 Å². The van der Waals surface area contributed by atoms with Gasteiger partial charge in [-0.3, -0.25) is 0 Å². The van der Waals surface area contributed by atoms with Gasteiger partial charge in [0.2, 0.25) is 0 Å². The van der Waals surface area contributed by atoms with E-state index in [4.69, 9.17) is 5.11 Å². The van der Waals surface area contributed by atoms with Gasteiger partial charge in [0.25, 0.3) is 0 Å². The standard InChI is InChI=1S/C16H22FNO2/c1-4-12(3)11-18(5-2)15-8-7-14(17)10-13(15)6-9-16(19)20/h6-10,12H,4-5,11H2,1-3H3,(H,19,20). The van der Waals surface area contributed by atoms with Gasteiger partial charge in [-0.1, -0.05) is 20.3 Å². The van der Waals surface area contributed by atoms with Crippen LogP contribution in [0.1, 0.15) is 32.8 Å². The minimum Gasteiger partial charge on any atom is -0.478 e.